The Morgan fingerprint density at radius 2 is 1.81 bits per heavy atom. The Labute approximate surface area is 237 Å². The summed E-state index contributed by atoms with van der Waals surface area (Å²) in [6, 6.07) is -0.148. The van der Waals surface area contributed by atoms with Crippen molar-refractivity contribution in [3.8, 4) is 0 Å². The molecule has 0 radical (unpaired) electrons. The Morgan fingerprint density at radius 3 is 2.52 bits per heavy atom. The lowest BCUT2D eigenvalue weighted by Gasteiger charge is -2.38. The molecular weight excluding hydrogens is 560 g/mol. The molecule has 1 aliphatic heterocycles. The van der Waals surface area contributed by atoms with Crippen molar-refractivity contribution in [3.05, 3.63) is 41.1 Å². The second-order valence-corrected chi connectivity index (χ2v) is 12.1. The number of amides is 3. The Kier molecular flexibility index (Phi) is 6.38. The maximum absolute atomic E-state index is 14.3. The fourth-order valence-corrected chi connectivity index (χ4v) is 6.26. The smallest absolute Gasteiger partial charge is 0.318 e. The van der Waals surface area contributed by atoms with Crippen LogP contribution in [0.2, 0.25) is 0 Å². The summed E-state index contributed by atoms with van der Waals surface area (Å²) in [7, 11) is 0. The number of nitrogens with zero attached hydrogens (tertiary/aromatic N) is 6. The van der Waals surface area contributed by atoms with Crippen molar-refractivity contribution in [1.82, 2.24) is 40.4 Å². The molecule has 42 heavy (non-hydrogen) atoms. The number of urea groups is 1. The molecule has 4 aliphatic rings. The summed E-state index contributed by atoms with van der Waals surface area (Å²) in [6.07, 6.45) is 6.29. The molecule has 224 valence electrons. The van der Waals surface area contributed by atoms with Gasteiger partial charge >= 0.3 is 6.03 Å². The highest BCUT2D eigenvalue weighted by molar-refractivity contribution is 5.93. The third-order valence-electron chi connectivity index (χ3n) is 8.80. The van der Waals surface area contributed by atoms with Crippen LogP contribution in [0.15, 0.2) is 23.1 Å². The highest BCUT2D eigenvalue weighted by Crippen LogP contribution is 2.46. The number of rotatable bonds is 8. The zero-order valence-electron chi connectivity index (χ0n) is 22.6. The average Bonchev–Trinajstić information content (AvgIpc) is 3.88. The molecule has 1 saturated heterocycles. The van der Waals surface area contributed by atoms with E-state index in [0.29, 0.717) is 22.6 Å². The minimum atomic E-state index is -3.06. The molecule has 0 bridgehead atoms. The zero-order valence-corrected chi connectivity index (χ0v) is 22.6. The summed E-state index contributed by atoms with van der Waals surface area (Å²) < 4.78 is 62.9. The lowest BCUT2D eigenvalue weighted by Crippen LogP contribution is -2.58. The van der Waals surface area contributed by atoms with E-state index < -0.39 is 49.0 Å². The van der Waals surface area contributed by atoms with Crippen LogP contribution >= 0.6 is 0 Å². The Morgan fingerprint density at radius 1 is 1.05 bits per heavy atom. The van der Waals surface area contributed by atoms with Crippen molar-refractivity contribution in [1.29, 1.82) is 0 Å². The lowest BCUT2D eigenvalue weighted by atomic mass is 9.81. The van der Waals surface area contributed by atoms with Crippen LogP contribution in [0.25, 0.3) is 5.65 Å². The zero-order chi connectivity index (χ0) is 29.2. The van der Waals surface area contributed by atoms with Gasteiger partial charge in [-0.3, -0.25) is 4.79 Å². The van der Waals surface area contributed by atoms with Crippen molar-refractivity contribution >= 4 is 17.6 Å². The van der Waals surface area contributed by atoms with Gasteiger partial charge in [0, 0.05) is 18.8 Å². The van der Waals surface area contributed by atoms with Gasteiger partial charge in [0.2, 0.25) is 5.92 Å². The van der Waals surface area contributed by atoms with Crippen LogP contribution in [0, 0.1) is 11.8 Å². The molecule has 2 atom stereocenters. The maximum Gasteiger partial charge on any atom is 0.318 e. The number of fused-ring (bicyclic) bond motifs is 1. The predicted molar refractivity (Wildman–Crippen MR) is 137 cm³/mol. The molecule has 15 heteroatoms. The first-order valence-corrected chi connectivity index (χ1v) is 14.4. The Hall–Kier alpha value is -3.78. The van der Waals surface area contributed by atoms with Crippen LogP contribution in [-0.4, -0.2) is 66.7 Å². The molecule has 3 saturated carbocycles. The van der Waals surface area contributed by atoms with Crippen molar-refractivity contribution < 1.29 is 31.8 Å². The van der Waals surface area contributed by atoms with Gasteiger partial charge in [0.25, 0.3) is 11.8 Å². The second-order valence-electron chi connectivity index (χ2n) is 12.1. The predicted octanol–water partition coefficient (Wildman–Crippen LogP) is 4.40. The van der Waals surface area contributed by atoms with Gasteiger partial charge in [0.1, 0.15) is 5.69 Å². The van der Waals surface area contributed by atoms with E-state index in [0.717, 1.165) is 25.7 Å². The number of hydrogen-bond acceptors (Lipinski definition) is 7. The third kappa shape index (κ3) is 5.28. The third-order valence-corrected chi connectivity index (χ3v) is 8.80. The van der Waals surface area contributed by atoms with Gasteiger partial charge < -0.3 is 15.5 Å². The molecule has 0 aromatic carbocycles. The van der Waals surface area contributed by atoms with Crippen molar-refractivity contribution in [3.63, 3.8) is 0 Å². The van der Waals surface area contributed by atoms with E-state index in [1.54, 1.807) is 18.5 Å². The maximum atomic E-state index is 14.3. The summed E-state index contributed by atoms with van der Waals surface area (Å²) in [5.41, 5.74) is 1.96. The molecule has 3 aliphatic carbocycles. The Bertz CT molecular complexity index is 1510. The summed E-state index contributed by atoms with van der Waals surface area (Å²) >= 11 is 0. The molecule has 4 fully saturated rings. The monoisotopic (exact) mass is 590 g/mol. The highest BCUT2D eigenvalue weighted by atomic mass is 19.3. The van der Waals surface area contributed by atoms with E-state index in [9.17, 15) is 27.2 Å². The number of nitrogens with one attached hydrogen (secondary N) is 2. The molecule has 4 heterocycles. The van der Waals surface area contributed by atoms with Gasteiger partial charge in [0.15, 0.2) is 11.3 Å². The van der Waals surface area contributed by atoms with Crippen LogP contribution in [0.4, 0.5) is 22.4 Å². The normalized spacial score (nSPS) is 23.9. The standard InChI is InChI=1S/C27H30F4N8O3/c28-26(29)7-5-15(6-8-26)20(35-24(40)22-21(14-1-2-14)36-42-37-22)18-11-39-19(34-18)9-17(10-33-39)23(16-3-4-16)38-13-27(30,31)12-32-25(38)41/h9-11,14-16,20,23H,1-8,12-13H2,(H,32,41)(H,35,40)/t20-,23+/m0/s1. The summed E-state index contributed by atoms with van der Waals surface area (Å²) in [5, 5.41) is 17.4. The van der Waals surface area contributed by atoms with E-state index in [1.165, 1.54) is 9.42 Å². The topological polar surface area (TPSA) is 131 Å². The number of aromatic nitrogens is 5. The van der Waals surface area contributed by atoms with E-state index in [1.807, 2.05) is 0 Å². The minimum Gasteiger partial charge on any atom is -0.342 e. The van der Waals surface area contributed by atoms with E-state index in [4.69, 9.17) is 9.61 Å². The number of carbonyl (C=O) groups is 2. The van der Waals surface area contributed by atoms with E-state index >= 15 is 0 Å². The van der Waals surface area contributed by atoms with Crippen LogP contribution in [0.5, 0.6) is 0 Å². The molecule has 11 nitrogen and oxygen atoms in total. The van der Waals surface area contributed by atoms with Crippen molar-refractivity contribution in [2.75, 3.05) is 13.1 Å². The van der Waals surface area contributed by atoms with E-state index in [2.05, 4.69) is 26.0 Å². The molecule has 2 N–H and O–H groups in total. The number of alkyl halides is 4. The number of halogens is 4. The second kappa shape index (κ2) is 9.90. The lowest BCUT2D eigenvalue weighted by molar-refractivity contribution is -0.0495. The molecular formula is C27H30F4N8O3. The fraction of sp³-hybridized carbons (Fsp3) is 0.630. The molecule has 3 aromatic rings. The first-order chi connectivity index (χ1) is 20.1. The van der Waals surface area contributed by atoms with Gasteiger partial charge in [-0.15, -0.1) is 0 Å². The summed E-state index contributed by atoms with van der Waals surface area (Å²) in [4.78, 5) is 31.8. The van der Waals surface area contributed by atoms with Crippen molar-refractivity contribution in [2.45, 2.75) is 81.2 Å². The van der Waals surface area contributed by atoms with Gasteiger partial charge in [-0.05, 0) is 67.1 Å². The van der Waals surface area contributed by atoms with E-state index in [-0.39, 0.29) is 49.1 Å². The van der Waals surface area contributed by atoms with Crippen molar-refractivity contribution in [2.24, 2.45) is 11.8 Å². The first-order valence-electron chi connectivity index (χ1n) is 14.4. The van der Waals surface area contributed by atoms with Gasteiger partial charge in [-0.2, -0.15) is 5.10 Å². The van der Waals surface area contributed by atoms with Crippen LogP contribution in [-0.2, 0) is 0 Å². The quantitative estimate of drug-likeness (QED) is 0.372. The molecule has 3 amide bonds. The number of hydrogen-bond donors (Lipinski definition) is 2. The average molecular weight is 591 g/mol. The number of imidazole rings is 1. The summed E-state index contributed by atoms with van der Waals surface area (Å²) in [5.74, 6) is -6.51. The molecule has 7 rings (SSSR count). The minimum absolute atomic E-state index is 0.0241. The molecule has 0 spiro atoms. The first kappa shape index (κ1) is 27.1. The highest BCUT2D eigenvalue weighted by Gasteiger charge is 2.47. The fourth-order valence-electron chi connectivity index (χ4n) is 6.26. The summed E-state index contributed by atoms with van der Waals surface area (Å²) in [6.45, 7) is -1.39. The van der Waals surface area contributed by atoms with Crippen LogP contribution < -0.4 is 10.6 Å². The largest absolute Gasteiger partial charge is 0.342 e. The number of carbonyl (C=O) groups excluding carboxylic acids is 2. The molecule has 3 aromatic heterocycles. The van der Waals surface area contributed by atoms with Crippen LogP contribution in [0.1, 0.15) is 96.8 Å². The van der Waals surface area contributed by atoms with Gasteiger partial charge in [-0.1, -0.05) is 5.16 Å². The van der Waals surface area contributed by atoms with Crippen LogP contribution in [0.3, 0.4) is 0 Å². The Balaban J connectivity index is 1.20. The SMILES string of the molecule is O=C(N[C@H](c1cn2ncc([C@@H](C3CC3)N3CC(F)(F)CNC3=O)cc2n1)C1CCC(F)(F)CC1)c1nonc1C1CC1. The van der Waals surface area contributed by atoms with Gasteiger partial charge in [0.05, 0.1) is 43.3 Å². The molecule has 0 unspecified atom stereocenters. The van der Waals surface area contributed by atoms with Gasteiger partial charge in [-0.25, -0.2) is 36.5 Å².